The topological polar surface area (TPSA) is 62.5 Å². The zero-order valence-corrected chi connectivity index (χ0v) is 8.71. The largest absolute Gasteiger partial charge is 0.378 e. The lowest BCUT2D eigenvalue weighted by Gasteiger charge is -2.29. The van der Waals surface area contributed by atoms with Crippen molar-refractivity contribution in [2.75, 3.05) is 26.3 Å². The highest BCUT2D eigenvalue weighted by molar-refractivity contribution is 7.80. The van der Waals surface area contributed by atoms with Crippen LogP contribution in [0.1, 0.15) is 0 Å². The number of ether oxygens (including phenoxy) is 1. The van der Waals surface area contributed by atoms with Gasteiger partial charge >= 0.3 is 0 Å². The minimum absolute atomic E-state index is 0.176. The lowest BCUT2D eigenvalue weighted by atomic mass is 10.5. The van der Waals surface area contributed by atoms with Crippen molar-refractivity contribution in [3.63, 3.8) is 0 Å². The Labute approximate surface area is 87.6 Å². The molecule has 0 saturated carbocycles. The smallest absolute Gasteiger partial charge is 0.188 e. The van der Waals surface area contributed by atoms with Crippen LogP contribution in [0.3, 0.4) is 0 Å². The van der Waals surface area contributed by atoms with Gasteiger partial charge in [0.2, 0.25) is 0 Å². The molecule has 0 unspecified atom stereocenters. The molecule has 1 heterocycles. The third-order valence-corrected chi connectivity index (χ3v) is 2.05. The van der Waals surface area contributed by atoms with Crippen LogP contribution in [-0.2, 0) is 4.74 Å². The first-order chi connectivity index (χ1) is 6.20. The van der Waals surface area contributed by atoms with E-state index in [-0.39, 0.29) is 5.11 Å². The van der Waals surface area contributed by atoms with Gasteiger partial charge in [-0.25, -0.2) is 0 Å². The standard InChI is InChI=1S/C6H12N4OS2/c7-5(12)8-9-6(13)10-1-3-11-4-2-10/h1-4H2,(H,9,13)(H3,7,8,12). The summed E-state index contributed by atoms with van der Waals surface area (Å²) < 4.78 is 5.18. The maximum absolute atomic E-state index is 5.23. The molecule has 1 aliphatic heterocycles. The second kappa shape index (κ2) is 5.15. The van der Waals surface area contributed by atoms with Gasteiger partial charge in [0.15, 0.2) is 10.2 Å². The van der Waals surface area contributed by atoms with Crippen molar-refractivity contribution in [1.29, 1.82) is 0 Å². The average molecular weight is 220 g/mol. The number of thiocarbonyl (C=S) groups is 2. The predicted octanol–water partition coefficient (Wildman–Crippen LogP) is -1.06. The van der Waals surface area contributed by atoms with E-state index >= 15 is 0 Å². The maximum Gasteiger partial charge on any atom is 0.188 e. The van der Waals surface area contributed by atoms with Crippen LogP contribution in [0.15, 0.2) is 0 Å². The van der Waals surface area contributed by atoms with Crippen LogP contribution in [-0.4, -0.2) is 41.4 Å². The van der Waals surface area contributed by atoms with Crippen molar-refractivity contribution in [3.05, 3.63) is 0 Å². The molecule has 0 spiro atoms. The van der Waals surface area contributed by atoms with Gasteiger partial charge in [0.05, 0.1) is 13.2 Å². The van der Waals surface area contributed by atoms with Gasteiger partial charge < -0.3 is 15.4 Å². The molecule has 1 fully saturated rings. The lowest BCUT2D eigenvalue weighted by molar-refractivity contribution is 0.0675. The van der Waals surface area contributed by atoms with Crippen molar-refractivity contribution in [2.45, 2.75) is 0 Å². The maximum atomic E-state index is 5.23. The molecular formula is C6H12N4OS2. The minimum Gasteiger partial charge on any atom is -0.378 e. The molecule has 0 aromatic heterocycles. The summed E-state index contributed by atoms with van der Waals surface area (Å²) in [6.07, 6.45) is 0. The summed E-state index contributed by atoms with van der Waals surface area (Å²) in [6, 6.07) is 0. The van der Waals surface area contributed by atoms with Crippen molar-refractivity contribution in [3.8, 4) is 0 Å². The first-order valence-electron chi connectivity index (χ1n) is 3.88. The van der Waals surface area contributed by atoms with E-state index in [0.717, 1.165) is 13.1 Å². The summed E-state index contributed by atoms with van der Waals surface area (Å²) >= 11 is 9.69. The van der Waals surface area contributed by atoms with Crippen LogP contribution in [0.2, 0.25) is 0 Å². The number of rotatable bonds is 0. The van der Waals surface area contributed by atoms with Crippen molar-refractivity contribution in [1.82, 2.24) is 15.8 Å². The molecule has 0 radical (unpaired) electrons. The van der Waals surface area contributed by atoms with E-state index in [0.29, 0.717) is 18.3 Å². The van der Waals surface area contributed by atoms with E-state index in [1.807, 2.05) is 4.90 Å². The molecule has 0 aliphatic carbocycles. The quantitative estimate of drug-likeness (QED) is 0.355. The molecule has 4 N–H and O–H groups in total. The zero-order valence-electron chi connectivity index (χ0n) is 7.08. The Kier molecular flexibility index (Phi) is 4.13. The highest BCUT2D eigenvalue weighted by atomic mass is 32.1. The van der Waals surface area contributed by atoms with E-state index in [2.05, 4.69) is 23.1 Å². The van der Waals surface area contributed by atoms with Gasteiger partial charge in [-0.3, -0.25) is 10.9 Å². The molecule has 1 rings (SSSR count). The summed E-state index contributed by atoms with van der Waals surface area (Å²) in [5.41, 5.74) is 10.5. The summed E-state index contributed by atoms with van der Waals surface area (Å²) in [4.78, 5) is 1.99. The zero-order chi connectivity index (χ0) is 9.68. The van der Waals surface area contributed by atoms with E-state index in [1.54, 1.807) is 0 Å². The van der Waals surface area contributed by atoms with E-state index in [4.69, 9.17) is 22.7 Å². The number of nitrogens with one attached hydrogen (secondary N) is 2. The van der Waals surface area contributed by atoms with Gasteiger partial charge in [0, 0.05) is 13.1 Å². The third kappa shape index (κ3) is 3.71. The van der Waals surface area contributed by atoms with Crippen molar-refractivity contribution >= 4 is 34.7 Å². The summed E-state index contributed by atoms with van der Waals surface area (Å²) in [6.45, 7) is 3.00. The second-order valence-electron chi connectivity index (χ2n) is 2.52. The number of hydrogen-bond acceptors (Lipinski definition) is 3. The Balaban J connectivity index is 2.25. The van der Waals surface area contributed by atoms with Gasteiger partial charge in [0.25, 0.3) is 0 Å². The molecule has 74 valence electrons. The number of nitrogens with two attached hydrogens (primary N) is 1. The monoisotopic (exact) mass is 220 g/mol. The summed E-state index contributed by atoms with van der Waals surface area (Å²) in [5, 5.41) is 0.770. The lowest BCUT2D eigenvalue weighted by Crippen LogP contribution is -2.52. The molecule has 13 heavy (non-hydrogen) atoms. The fraction of sp³-hybridized carbons (Fsp3) is 0.667. The van der Waals surface area contributed by atoms with E-state index in [9.17, 15) is 0 Å². The van der Waals surface area contributed by atoms with Crippen LogP contribution >= 0.6 is 24.4 Å². The fourth-order valence-electron chi connectivity index (χ4n) is 0.961. The number of hydrazine groups is 1. The number of morpholine rings is 1. The Hall–Kier alpha value is -0.660. The van der Waals surface area contributed by atoms with Gasteiger partial charge in [-0.1, -0.05) is 0 Å². The number of nitrogens with zero attached hydrogens (tertiary/aromatic N) is 1. The van der Waals surface area contributed by atoms with Crippen LogP contribution in [0.5, 0.6) is 0 Å². The van der Waals surface area contributed by atoms with Gasteiger partial charge in [-0.05, 0) is 24.4 Å². The molecule has 0 atom stereocenters. The van der Waals surface area contributed by atoms with Crippen molar-refractivity contribution < 1.29 is 4.74 Å². The number of hydrogen-bond donors (Lipinski definition) is 3. The van der Waals surface area contributed by atoms with Gasteiger partial charge in [0.1, 0.15) is 0 Å². The summed E-state index contributed by atoms with van der Waals surface area (Å²) in [7, 11) is 0. The van der Waals surface area contributed by atoms with Crippen LogP contribution in [0.4, 0.5) is 0 Å². The first kappa shape index (κ1) is 10.4. The fourth-order valence-corrected chi connectivity index (χ4v) is 1.25. The Morgan fingerprint density at radius 1 is 1.23 bits per heavy atom. The highest BCUT2D eigenvalue weighted by Crippen LogP contribution is 1.96. The van der Waals surface area contributed by atoms with Crippen molar-refractivity contribution in [2.24, 2.45) is 5.73 Å². The van der Waals surface area contributed by atoms with E-state index in [1.165, 1.54) is 0 Å². The Morgan fingerprint density at radius 2 is 1.85 bits per heavy atom. The third-order valence-electron chi connectivity index (χ3n) is 1.59. The molecule has 5 nitrogen and oxygen atoms in total. The predicted molar refractivity (Wildman–Crippen MR) is 58.0 cm³/mol. The van der Waals surface area contributed by atoms with Crippen LogP contribution < -0.4 is 16.6 Å². The molecule has 7 heteroatoms. The Morgan fingerprint density at radius 3 is 2.38 bits per heavy atom. The Bertz CT molecular complexity index is 205. The normalized spacial score (nSPS) is 16.5. The van der Waals surface area contributed by atoms with Gasteiger partial charge in [-0.2, -0.15) is 0 Å². The molecule has 0 amide bonds. The molecule has 1 saturated heterocycles. The highest BCUT2D eigenvalue weighted by Gasteiger charge is 2.12. The molecule has 0 aromatic rings. The van der Waals surface area contributed by atoms with Crippen LogP contribution in [0.25, 0.3) is 0 Å². The molecule has 1 aliphatic rings. The van der Waals surface area contributed by atoms with Crippen LogP contribution in [0, 0.1) is 0 Å². The SMILES string of the molecule is NC(=S)NNC(=S)N1CCOCC1. The van der Waals surface area contributed by atoms with Gasteiger partial charge in [-0.15, -0.1) is 0 Å². The molecule has 0 aromatic carbocycles. The molecular weight excluding hydrogens is 208 g/mol. The van der Waals surface area contributed by atoms with E-state index < -0.39 is 0 Å². The summed E-state index contributed by atoms with van der Waals surface area (Å²) in [5.74, 6) is 0. The molecule has 0 bridgehead atoms. The second-order valence-corrected chi connectivity index (χ2v) is 3.35. The first-order valence-corrected chi connectivity index (χ1v) is 4.70. The average Bonchev–Trinajstić information content (AvgIpc) is 2.15. The minimum atomic E-state index is 0.176.